The standard InChI is InChI=1S/C25H36N2O3/c1-29-24(17-25(26)28)20-7-5-18(6-8-20)9-13-27-14-10-19(11-15-27)21-3-2-4-23-22(21)12-16-30-23/h2-4,12,16,18-20,24H,5-11,13-15,17H2,1H3,(H2,26,28). The first kappa shape index (κ1) is 21.4. The first-order valence-corrected chi connectivity index (χ1v) is 11.6. The zero-order chi connectivity index (χ0) is 20.9. The number of carbonyl (C=O) groups is 1. The van der Waals surface area contributed by atoms with Gasteiger partial charge in [-0.15, -0.1) is 0 Å². The van der Waals surface area contributed by atoms with Crippen molar-refractivity contribution in [2.45, 2.75) is 63.4 Å². The second-order valence-corrected chi connectivity index (χ2v) is 9.31. The summed E-state index contributed by atoms with van der Waals surface area (Å²) in [7, 11) is 1.70. The molecule has 1 amide bonds. The molecule has 2 N–H and O–H groups in total. The lowest BCUT2D eigenvalue weighted by molar-refractivity contribution is -0.121. The van der Waals surface area contributed by atoms with Crippen LogP contribution >= 0.6 is 0 Å². The van der Waals surface area contributed by atoms with Gasteiger partial charge in [0.15, 0.2) is 0 Å². The molecule has 5 nitrogen and oxygen atoms in total. The second-order valence-electron chi connectivity index (χ2n) is 9.31. The molecule has 164 valence electrons. The predicted octanol–water partition coefficient (Wildman–Crippen LogP) is 4.70. The maximum atomic E-state index is 11.2. The number of amides is 1. The van der Waals surface area contributed by atoms with Gasteiger partial charge in [0, 0.05) is 12.5 Å². The van der Waals surface area contributed by atoms with E-state index in [-0.39, 0.29) is 12.0 Å². The lowest BCUT2D eigenvalue weighted by Gasteiger charge is -2.35. The third kappa shape index (κ3) is 5.06. The Bertz CT molecular complexity index is 817. The Balaban J connectivity index is 1.19. The molecule has 1 aromatic heterocycles. The molecule has 1 aliphatic carbocycles. The van der Waals surface area contributed by atoms with Crippen LogP contribution in [0.1, 0.15) is 62.8 Å². The lowest BCUT2D eigenvalue weighted by Crippen LogP contribution is -2.35. The van der Waals surface area contributed by atoms with Gasteiger partial charge in [-0.3, -0.25) is 4.79 Å². The molecule has 1 saturated carbocycles. The highest BCUT2D eigenvalue weighted by atomic mass is 16.5. The van der Waals surface area contributed by atoms with Gasteiger partial charge in [0.2, 0.25) is 5.91 Å². The molecule has 2 aromatic rings. The number of likely N-dealkylation sites (tertiary alicyclic amines) is 1. The van der Waals surface area contributed by atoms with E-state index in [1.807, 2.05) is 0 Å². The van der Waals surface area contributed by atoms with Crippen LogP contribution in [0.5, 0.6) is 0 Å². The molecule has 0 bridgehead atoms. The Kier molecular flexibility index (Phi) is 7.11. The van der Waals surface area contributed by atoms with Crippen molar-refractivity contribution in [1.29, 1.82) is 0 Å². The van der Waals surface area contributed by atoms with Crippen molar-refractivity contribution in [2.75, 3.05) is 26.7 Å². The van der Waals surface area contributed by atoms with E-state index in [0.29, 0.717) is 18.3 Å². The van der Waals surface area contributed by atoms with Gasteiger partial charge in [-0.05, 0) is 87.2 Å². The minimum absolute atomic E-state index is 0.00200. The van der Waals surface area contributed by atoms with Gasteiger partial charge in [0.1, 0.15) is 5.58 Å². The van der Waals surface area contributed by atoms with Gasteiger partial charge in [0.25, 0.3) is 0 Å². The van der Waals surface area contributed by atoms with Gasteiger partial charge in [-0.1, -0.05) is 25.0 Å². The molecule has 1 aliphatic heterocycles. The molecule has 0 radical (unpaired) electrons. The van der Waals surface area contributed by atoms with E-state index < -0.39 is 0 Å². The van der Waals surface area contributed by atoms with Gasteiger partial charge in [-0.2, -0.15) is 0 Å². The fraction of sp³-hybridized carbons (Fsp3) is 0.640. The number of furan rings is 1. The normalized spacial score (nSPS) is 24.8. The number of fused-ring (bicyclic) bond motifs is 1. The lowest BCUT2D eigenvalue weighted by atomic mass is 9.77. The quantitative estimate of drug-likeness (QED) is 0.682. The van der Waals surface area contributed by atoms with Crippen LogP contribution in [0.3, 0.4) is 0 Å². The highest BCUT2D eigenvalue weighted by Crippen LogP contribution is 2.36. The number of methoxy groups -OCH3 is 1. The van der Waals surface area contributed by atoms with E-state index in [4.69, 9.17) is 14.9 Å². The Morgan fingerprint density at radius 1 is 1.17 bits per heavy atom. The van der Waals surface area contributed by atoms with Crippen LogP contribution in [-0.4, -0.2) is 43.7 Å². The summed E-state index contributed by atoms with van der Waals surface area (Å²) >= 11 is 0. The van der Waals surface area contributed by atoms with Crippen molar-refractivity contribution in [2.24, 2.45) is 17.6 Å². The van der Waals surface area contributed by atoms with Crippen molar-refractivity contribution >= 4 is 16.9 Å². The van der Waals surface area contributed by atoms with Gasteiger partial charge in [0.05, 0.1) is 18.8 Å². The third-order valence-corrected chi connectivity index (χ3v) is 7.53. The monoisotopic (exact) mass is 412 g/mol. The van der Waals surface area contributed by atoms with E-state index in [0.717, 1.165) is 24.3 Å². The van der Waals surface area contributed by atoms with Crippen molar-refractivity contribution in [3.05, 3.63) is 36.1 Å². The van der Waals surface area contributed by atoms with E-state index >= 15 is 0 Å². The molecule has 30 heavy (non-hydrogen) atoms. The molecule has 1 unspecified atom stereocenters. The van der Waals surface area contributed by atoms with Gasteiger partial charge in [-0.25, -0.2) is 0 Å². The number of piperidine rings is 1. The SMILES string of the molecule is COC(CC(N)=O)C1CCC(CCN2CCC(c3cccc4occc34)CC2)CC1. The molecule has 0 spiro atoms. The van der Waals surface area contributed by atoms with Crippen molar-refractivity contribution < 1.29 is 13.9 Å². The number of ether oxygens (including phenoxy) is 1. The number of carbonyl (C=O) groups excluding carboxylic acids is 1. The van der Waals surface area contributed by atoms with Gasteiger partial charge < -0.3 is 19.8 Å². The first-order valence-electron chi connectivity index (χ1n) is 11.6. The Hall–Kier alpha value is -1.85. The minimum atomic E-state index is -0.253. The molecule has 2 heterocycles. The summed E-state index contributed by atoms with van der Waals surface area (Å²) in [6, 6.07) is 8.58. The van der Waals surface area contributed by atoms with Crippen LogP contribution in [0.2, 0.25) is 0 Å². The van der Waals surface area contributed by atoms with E-state index in [9.17, 15) is 4.79 Å². The predicted molar refractivity (Wildman–Crippen MR) is 119 cm³/mol. The van der Waals surface area contributed by atoms with Crippen LogP contribution in [0.15, 0.2) is 34.9 Å². The molecule has 5 heteroatoms. The summed E-state index contributed by atoms with van der Waals surface area (Å²) in [6.45, 7) is 3.60. The van der Waals surface area contributed by atoms with Crippen LogP contribution in [0.4, 0.5) is 0 Å². The Morgan fingerprint density at radius 2 is 1.93 bits per heavy atom. The van der Waals surface area contributed by atoms with Crippen LogP contribution in [-0.2, 0) is 9.53 Å². The number of nitrogens with two attached hydrogens (primary N) is 1. The first-order chi connectivity index (χ1) is 14.6. The summed E-state index contributed by atoms with van der Waals surface area (Å²) in [4.78, 5) is 13.9. The van der Waals surface area contributed by atoms with Crippen molar-refractivity contribution in [1.82, 2.24) is 4.90 Å². The number of nitrogens with zero attached hydrogens (tertiary/aromatic N) is 1. The highest BCUT2D eigenvalue weighted by molar-refractivity contribution is 5.81. The topological polar surface area (TPSA) is 68.7 Å². The van der Waals surface area contributed by atoms with E-state index in [1.165, 1.54) is 62.7 Å². The second kappa shape index (κ2) is 9.97. The molecule has 2 fully saturated rings. The van der Waals surface area contributed by atoms with Crippen LogP contribution in [0, 0.1) is 11.8 Å². The number of hydrogen-bond donors (Lipinski definition) is 1. The Morgan fingerprint density at radius 3 is 2.63 bits per heavy atom. The molecule has 1 saturated heterocycles. The van der Waals surface area contributed by atoms with Crippen molar-refractivity contribution in [3.63, 3.8) is 0 Å². The number of benzene rings is 1. The average Bonchev–Trinajstić information content (AvgIpc) is 3.26. The van der Waals surface area contributed by atoms with Crippen LogP contribution < -0.4 is 5.73 Å². The summed E-state index contributed by atoms with van der Waals surface area (Å²) in [5.74, 6) is 1.69. The number of primary amides is 1. The summed E-state index contributed by atoms with van der Waals surface area (Å²) in [5, 5.41) is 1.29. The zero-order valence-electron chi connectivity index (χ0n) is 18.2. The number of rotatable bonds is 8. The molecule has 4 rings (SSSR count). The van der Waals surface area contributed by atoms with E-state index in [1.54, 1.807) is 13.4 Å². The van der Waals surface area contributed by atoms with Crippen LogP contribution in [0.25, 0.3) is 11.0 Å². The maximum Gasteiger partial charge on any atom is 0.220 e. The smallest absolute Gasteiger partial charge is 0.220 e. The molecular weight excluding hydrogens is 376 g/mol. The maximum absolute atomic E-state index is 11.2. The molecule has 1 aromatic carbocycles. The molecule has 1 atom stereocenters. The highest BCUT2D eigenvalue weighted by Gasteiger charge is 2.29. The minimum Gasteiger partial charge on any atom is -0.464 e. The van der Waals surface area contributed by atoms with E-state index in [2.05, 4.69) is 29.2 Å². The summed E-state index contributed by atoms with van der Waals surface area (Å²) in [5.41, 5.74) is 7.84. The van der Waals surface area contributed by atoms with Gasteiger partial charge >= 0.3 is 0 Å². The fourth-order valence-electron chi connectivity index (χ4n) is 5.70. The summed E-state index contributed by atoms with van der Waals surface area (Å²) < 4.78 is 11.1. The zero-order valence-corrected chi connectivity index (χ0v) is 18.2. The Labute approximate surface area is 179 Å². The number of hydrogen-bond acceptors (Lipinski definition) is 4. The fourth-order valence-corrected chi connectivity index (χ4v) is 5.70. The third-order valence-electron chi connectivity index (χ3n) is 7.53. The molecular formula is C25H36N2O3. The largest absolute Gasteiger partial charge is 0.464 e. The molecule has 2 aliphatic rings. The van der Waals surface area contributed by atoms with Crippen molar-refractivity contribution in [3.8, 4) is 0 Å². The summed E-state index contributed by atoms with van der Waals surface area (Å²) in [6.07, 6.45) is 10.8. The average molecular weight is 413 g/mol.